The van der Waals surface area contributed by atoms with Gasteiger partial charge in [0, 0.05) is 24.5 Å². The normalized spacial score (nSPS) is 13.2. The Hall–Kier alpha value is -0.610. The Morgan fingerprint density at radius 3 is 2.38 bits per heavy atom. The molecular formula is C12H23N3S. The second-order valence-electron chi connectivity index (χ2n) is 4.52. The molecule has 0 amide bonds. The zero-order valence-corrected chi connectivity index (χ0v) is 11.8. The van der Waals surface area contributed by atoms with Crippen molar-refractivity contribution in [2.45, 2.75) is 46.7 Å². The summed E-state index contributed by atoms with van der Waals surface area (Å²) in [5.74, 6) is 0.625. The molecule has 4 heteroatoms. The maximum atomic E-state index is 5.73. The third kappa shape index (κ3) is 2.74. The van der Waals surface area contributed by atoms with Crippen LogP contribution in [0, 0.1) is 5.92 Å². The zero-order chi connectivity index (χ0) is 12.3. The van der Waals surface area contributed by atoms with Crippen molar-refractivity contribution in [1.82, 2.24) is 4.98 Å². The molecule has 0 saturated heterocycles. The number of hydrogen-bond acceptors (Lipinski definition) is 4. The Morgan fingerprint density at radius 1 is 1.38 bits per heavy atom. The fraction of sp³-hybridized carbons (Fsp3) is 0.750. The van der Waals surface area contributed by atoms with Gasteiger partial charge in [0.25, 0.3) is 0 Å². The molecule has 0 radical (unpaired) electrons. The van der Waals surface area contributed by atoms with Crippen LogP contribution < -0.4 is 10.6 Å². The summed E-state index contributed by atoms with van der Waals surface area (Å²) in [6.07, 6.45) is 0.965. The molecule has 1 aromatic heterocycles. The van der Waals surface area contributed by atoms with Crippen LogP contribution in [0.15, 0.2) is 0 Å². The molecule has 2 N–H and O–H groups in total. The van der Waals surface area contributed by atoms with Gasteiger partial charge in [-0.05, 0) is 19.3 Å². The zero-order valence-electron chi connectivity index (χ0n) is 10.9. The van der Waals surface area contributed by atoms with Crippen LogP contribution >= 0.6 is 11.3 Å². The lowest BCUT2D eigenvalue weighted by Gasteiger charge is -2.27. The smallest absolute Gasteiger partial charge is 0.185 e. The predicted molar refractivity (Wildman–Crippen MR) is 72.1 cm³/mol. The highest BCUT2D eigenvalue weighted by atomic mass is 32.1. The first-order chi connectivity index (χ1) is 7.51. The van der Waals surface area contributed by atoms with Crippen molar-refractivity contribution in [1.29, 1.82) is 0 Å². The second kappa shape index (κ2) is 5.64. The summed E-state index contributed by atoms with van der Waals surface area (Å²) in [7, 11) is 2.11. The first kappa shape index (κ1) is 13.5. The van der Waals surface area contributed by atoms with Crippen LogP contribution in [-0.2, 0) is 13.0 Å². The summed E-state index contributed by atoms with van der Waals surface area (Å²) >= 11 is 1.73. The van der Waals surface area contributed by atoms with E-state index in [2.05, 4.69) is 44.6 Å². The van der Waals surface area contributed by atoms with Crippen molar-refractivity contribution in [3.8, 4) is 0 Å². The van der Waals surface area contributed by atoms with E-state index in [4.69, 9.17) is 5.73 Å². The molecule has 16 heavy (non-hydrogen) atoms. The van der Waals surface area contributed by atoms with Crippen molar-refractivity contribution < 1.29 is 0 Å². The molecule has 0 aromatic carbocycles. The van der Waals surface area contributed by atoms with Gasteiger partial charge in [-0.25, -0.2) is 4.98 Å². The SMILES string of the molecule is CCc1nc(N(C)C(C)C(C)C)sc1CN. The summed E-state index contributed by atoms with van der Waals surface area (Å²) < 4.78 is 0. The Kier molecular flexibility index (Phi) is 4.74. The van der Waals surface area contributed by atoms with E-state index in [1.54, 1.807) is 11.3 Å². The molecule has 1 atom stereocenters. The molecule has 0 aliphatic rings. The molecule has 1 heterocycles. The van der Waals surface area contributed by atoms with Crippen molar-refractivity contribution >= 4 is 16.5 Å². The van der Waals surface area contributed by atoms with Gasteiger partial charge in [0.2, 0.25) is 0 Å². The van der Waals surface area contributed by atoms with Crippen LogP contribution in [0.4, 0.5) is 5.13 Å². The van der Waals surface area contributed by atoms with Crippen molar-refractivity contribution in [2.24, 2.45) is 11.7 Å². The first-order valence-corrected chi connectivity index (χ1v) is 6.74. The lowest BCUT2D eigenvalue weighted by atomic mass is 10.1. The number of aromatic nitrogens is 1. The van der Waals surface area contributed by atoms with E-state index in [1.165, 1.54) is 4.88 Å². The minimum Gasteiger partial charge on any atom is -0.348 e. The van der Waals surface area contributed by atoms with E-state index >= 15 is 0 Å². The van der Waals surface area contributed by atoms with Gasteiger partial charge >= 0.3 is 0 Å². The van der Waals surface area contributed by atoms with Crippen molar-refractivity contribution in [3.63, 3.8) is 0 Å². The highest BCUT2D eigenvalue weighted by Gasteiger charge is 2.18. The van der Waals surface area contributed by atoms with Crippen LogP contribution in [0.1, 0.15) is 38.3 Å². The minimum absolute atomic E-state index is 0.501. The third-order valence-corrected chi connectivity index (χ3v) is 4.38. The lowest BCUT2D eigenvalue weighted by Crippen LogP contribution is -2.33. The first-order valence-electron chi connectivity index (χ1n) is 5.92. The van der Waals surface area contributed by atoms with Gasteiger partial charge in [-0.1, -0.05) is 20.8 Å². The number of hydrogen-bond donors (Lipinski definition) is 1. The fourth-order valence-corrected chi connectivity index (χ4v) is 2.66. The van der Waals surface area contributed by atoms with Crippen molar-refractivity contribution in [3.05, 3.63) is 10.6 Å². The molecule has 0 aliphatic carbocycles. The molecular weight excluding hydrogens is 218 g/mol. The Bertz CT molecular complexity index is 312. The van der Waals surface area contributed by atoms with Crippen LogP contribution in [0.5, 0.6) is 0 Å². The predicted octanol–water partition coefficient (Wildman–Crippen LogP) is 2.64. The van der Waals surface area contributed by atoms with Gasteiger partial charge in [0.05, 0.1) is 5.69 Å². The van der Waals surface area contributed by atoms with Crippen LogP contribution in [0.2, 0.25) is 0 Å². The molecule has 0 bridgehead atoms. The largest absolute Gasteiger partial charge is 0.348 e. The Balaban J connectivity index is 2.91. The maximum Gasteiger partial charge on any atom is 0.185 e. The maximum absolute atomic E-state index is 5.73. The van der Waals surface area contributed by atoms with Crippen LogP contribution in [-0.4, -0.2) is 18.1 Å². The van der Waals surface area contributed by atoms with E-state index in [0.29, 0.717) is 18.5 Å². The average Bonchev–Trinajstić information content (AvgIpc) is 2.69. The topological polar surface area (TPSA) is 42.2 Å². The minimum atomic E-state index is 0.501. The van der Waals surface area contributed by atoms with Crippen molar-refractivity contribution in [2.75, 3.05) is 11.9 Å². The van der Waals surface area contributed by atoms with Gasteiger partial charge in [-0.15, -0.1) is 11.3 Å². The van der Waals surface area contributed by atoms with Gasteiger partial charge < -0.3 is 10.6 Å². The monoisotopic (exact) mass is 241 g/mol. The van der Waals surface area contributed by atoms with E-state index in [0.717, 1.165) is 17.2 Å². The molecule has 0 aliphatic heterocycles. The number of rotatable bonds is 5. The molecule has 1 unspecified atom stereocenters. The van der Waals surface area contributed by atoms with E-state index in [1.807, 2.05) is 0 Å². The summed E-state index contributed by atoms with van der Waals surface area (Å²) in [5, 5.41) is 1.10. The quantitative estimate of drug-likeness (QED) is 0.861. The molecule has 92 valence electrons. The highest BCUT2D eigenvalue weighted by molar-refractivity contribution is 7.15. The number of nitrogens with two attached hydrogens (primary N) is 1. The Labute approximate surface area is 103 Å². The van der Waals surface area contributed by atoms with Gasteiger partial charge in [-0.3, -0.25) is 0 Å². The summed E-state index contributed by atoms with van der Waals surface area (Å²) in [6.45, 7) is 9.44. The molecule has 3 nitrogen and oxygen atoms in total. The second-order valence-corrected chi connectivity index (χ2v) is 5.58. The van der Waals surface area contributed by atoms with Crippen LogP contribution in [0.3, 0.4) is 0 Å². The fourth-order valence-electron chi connectivity index (χ4n) is 1.58. The average molecular weight is 241 g/mol. The van der Waals surface area contributed by atoms with E-state index < -0.39 is 0 Å². The molecule has 0 spiro atoms. The summed E-state index contributed by atoms with van der Waals surface area (Å²) in [4.78, 5) is 8.15. The molecule has 0 saturated carbocycles. The lowest BCUT2D eigenvalue weighted by molar-refractivity contribution is 0.505. The van der Waals surface area contributed by atoms with Gasteiger partial charge in [-0.2, -0.15) is 0 Å². The Morgan fingerprint density at radius 2 is 2.00 bits per heavy atom. The highest BCUT2D eigenvalue weighted by Crippen LogP contribution is 2.28. The number of aryl methyl sites for hydroxylation is 1. The number of thiazole rings is 1. The molecule has 1 rings (SSSR count). The van der Waals surface area contributed by atoms with Gasteiger partial charge in [0.15, 0.2) is 5.13 Å². The van der Waals surface area contributed by atoms with E-state index in [9.17, 15) is 0 Å². The summed E-state index contributed by atoms with van der Waals surface area (Å²) in [5.41, 5.74) is 6.89. The van der Waals surface area contributed by atoms with E-state index in [-0.39, 0.29) is 0 Å². The number of anilines is 1. The number of nitrogens with zero attached hydrogens (tertiary/aromatic N) is 2. The van der Waals surface area contributed by atoms with Gasteiger partial charge in [0.1, 0.15) is 0 Å². The summed E-state index contributed by atoms with van der Waals surface area (Å²) in [6, 6.07) is 0.501. The van der Waals surface area contributed by atoms with Crippen LogP contribution in [0.25, 0.3) is 0 Å². The third-order valence-electron chi connectivity index (χ3n) is 3.16. The molecule has 0 fully saturated rings. The standard InChI is InChI=1S/C12H23N3S/c1-6-10-11(7-13)16-12(14-10)15(5)9(4)8(2)3/h8-9H,6-7,13H2,1-5H3. The molecule has 1 aromatic rings.